The average Bonchev–Trinajstić information content (AvgIpc) is 3.06. The van der Waals surface area contributed by atoms with Gasteiger partial charge < -0.3 is 4.90 Å². The smallest absolute Gasteiger partial charge is 0.261 e. The Kier molecular flexibility index (Phi) is 4.63. The monoisotopic (exact) mass is 398 g/mol. The summed E-state index contributed by atoms with van der Waals surface area (Å²) >= 11 is 7.52. The fourth-order valence-electron chi connectivity index (χ4n) is 2.79. The Morgan fingerprint density at radius 1 is 1.22 bits per heavy atom. The van der Waals surface area contributed by atoms with E-state index in [0.717, 1.165) is 15.2 Å². The van der Waals surface area contributed by atoms with Crippen molar-refractivity contribution < 1.29 is 4.79 Å². The van der Waals surface area contributed by atoms with Crippen molar-refractivity contribution >= 4 is 50.0 Å². The highest BCUT2D eigenvalue weighted by Crippen LogP contribution is 2.22. The van der Waals surface area contributed by atoms with Gasteiger partial charge in [-0.05, 0) is 30.3 Å². The number of amides is 1. The van der Waals surface area contributed by atoms with Crippen LogP contribution in [0.1, 0.15) is 5.01 Å². The summed E-state index contributed by atoms with van der Waals surface area (Å²) in [5.41, 5.74) is 1.19. The number of hydrogen-bond acceptors (Lipinski definition) is 5. The SMILES string of the molecule is CN(Cc1nc2ccccc2s1)C(=O)Cn1cnc2ccc(Cl)cc2c1=O. The second-order valence-corrected chi connectivity index (χ2v) is 7.72. The summed E-state index contributed by atoms with van der Waals surface area (Å²) in [7, 11) is 1.70. The van der Waals surface area contributed by atoms with Gasteiger partial charge in [0.05, 0.1) is 34.0 Å². The summed E-state index contributed by atoms with van der Waals surface area (Å²) in [5.74, 6) is -0.195. The number of carbonyl (C=O) groups is 1. The summed E-state index contributed by atoms with van der Waals surface area (Å²) < 4.78 is 2.38. The molecule has 2 heterocycles. The Morgan fingerprint density at radius 2 is 2.04 bits per heavy atom. The zero-order chi connectivity index (χ0) is 19.0. The number of nitrogens with zero attached hydrogens (tertiary/aromatic N) is 4. The molecule has 0 bridgehead atoms. The van der Waals surface area contributed by atoms with Crippen LogP contribution in [0.4, 0.5) is 0 Å². The van der Waals surface area contributed by atoms with Gasteiger partial charge in [0.1, 0.15) is 11.6 Å². The van der Waals surface area contributed by atoms with E-state index in [0.29, 0.717) is 22.5 Å². The van der Waals surface area contributed by atoms with Gasteiger partial charge in [-0.25, -0.2) is 9.97 Å². The number of likely N-dealkylation sites (N-methyl/N-ethyl adjacent to an activating group) is 1. The van der Waals surface area contributed by atoms with E-state index in [1.54, 1.807) is 41.5 Å². The molecule has 0 saturated heterocycles. The van der Waals surface area contributed by atoms with Gasteiger partial charge in [-0.2, -0.15) is 0 Å². The fraction of sp³-hybridized carbons (Fsp3) is 0.158. The number of fused-ring (bicyclic) bond motifs is 2. The van der Waals surface area contributed by atoms with E-state index >= 15 is 0 Å². The van der Waals surface area contributed by atoms with Gasteiger partial charge in [0, 0.05) is 12.1 Å². The highest BCUT2D eigenvalue weighted by molar-refractivity contribution is 7.18. The van der Waals surface area contributed by atoms with E-state index in [-0.39, 0.29) is 18.0 Å². The minimum absolute atomic E-state index is 0.0876. The van der Waals surface area contributed by atoms with Crippen LogP contribution in [-0.4, -0.2) is 32.4 Å². The van der Waals surface area contributed by atoms with Crippen LogP contribution < -0.4 is 5.56 Å². The first-order valence-electron chi connectivity index (χ1n) is 8.24. The second kappa shape index (κ2) is 7.09. The van der Waals surface area contributed by atoms with Gasteiger partial charge in [-0.1, -0.05) is 23.7 Å². The standard InChI is InChI=1S/C19H15ClN4O2S/c1-23(9-17-22-15-4-2-3-5-16(15)27-17)18(25)10-24-11-21-14-7-6-12(20)8-13(14)19(24)26/h2-8,11H,9-10H2,1H3. The van der Waals surface area contributed by atoms with Crippen LogP contribution in [-0.2, 0) is 17.9 Å². The maximum Gasteiger partial charge on any atom is 0.261 e. The Labute approximate surface area is 163 Å². The molecule has 0 radical (unpaired) electrons. The van der Waals surface area contributed by atoms with Gasteiger partial charge in [0.2, 0.25) is 5.91 Å². The number of benzene rings is 2. The first kappa shape index (κ1) is 17.6. The number of hydrogen-bond donors (Lipinski definition) is 0. The zero-order valence-electron chi connectivity index (χ0n) is 14.4. The molecule has 6 nitrogen and oxygen atoms in total. The number of carbonyl (C=O) groups excluding carboxylic acids is 1. The minimum atomic E-state index is -0.288. The molecule has 2 aromatic heterocycles. The summed E-state index contributed by atoms with van der Waals surface area (Å²) in [6.45, 7) is 0.301. The quantitative estimate of drug-likeness (QED) is 0.529. The largest absolute Gasteiger partial charge is 0.337 e. The molecule has 0 aliphatic rings. The third-order valence-electron chi connectivity index (χ3n) is 4.23. The third-order valence-corrected chi connectivity index (χ3v) is 5.48. The molecule has 0 spiro atoms. The molecule has 2 aromatic carbocycles. The molecule has 27 heavy (non-hydrogen) atoms. The number of halogens is 1. The number of aromatic nitrogens is 3. The fourth-order valence-corrected chi connectivity index (χ4v) is 3.98. The van der Waals surface area contributed by atoms with E-state index in [1.807, 2.05) is 24.3 Å². The van der Waals surface area contributed by atoms with Gasteiger partial charge in [-0.3, -0.25) is 14.2 Å². The minimum Gasteiger partial charge on any atom is -0.337 e. The van der Waals surface area contributed by atoms with Crippen molar-refractivity contribution in [1.82, 2.24) is 19.4 Å². The molecule has 0 fully saturated rings. The molecule has 8 heteroatoms. The van der Waals surface area contributed by atoms with Crippen LogP contribution in [0.5, 0.6) is 0 Å². The molecule has 0 aliphatic carbocycles. The third kappa shape index (κ3) is 3.56. The molecule has 0 saturated carbocycles. The lowest BCUT2D eigenvalue weighted by Crippen LogP contribution is -2.33. The molecule has 136 valence electrons. The van der Waals surface area contributed by atoms with Crippen molar-refractivity contribution in [3.63, 3.8) is 0 Å². The van der Waals surface area contributed by atoms with E-state index in [4.69, 9.17) is 11.6 Å². The Hall–Kier alpha value is -2.77. The molecule has 0 N–H and O–H groups in total. The van der Waals surface area contributed by atoms with E-state index in [9.17, 15) is 9.59 Å². The Bertz CT molecular complexity index is 1180. The predicted octanol–water partition coefficient (Wildman–Crippen LogP) is 3.32. The summed E-state index contributed by atoms with van der Waals surface area (Å²) in [6.07, 6.45) is 1.39. The lowest BCUT2D eigenvalue weighted by Gasteiger charge is -2.16. The highest BCUT2D eigenvalue weighted by Gasteiger charge is 2.14. The van der Waals surface area contributed by atoms with Crippen LogP contribution >= 0.6 is 22.9 Å². The topological polar surface area (TPSA) is 68.1 Å². The van der Waals surface area contributed by atoms with Crippen molar-refractivity contribution in [3.05, 3.63) is 69.2 Å². The van der Waals surface area contributed by atoms with Crippen molar-refractivity contribution in [2.24, 2.45) is 0 Å². The molecular weight excluding hydrogens is 384 g/mol. The zero-order valence-corrected chi connectivity index (χ0v) is 16.0. The van der Waals surface area contributed by atoms with Gasteiger partial charge >= 0.3 is 0 Å². The lowest BCUT2D eigenvalue weighted by atomic mass is 10.2. The predicted molar refractivity (Wildman–Crippen MR) is 107 cm³/mol. The van der Waals surface area contributed by atoms with Crippen LogP contribution in [0.2, 0.25) is 5.02 Å². The van der Waals surface area contributed by atoms with Crippen molar-refractivity contribution in [3.8, 4) is 0 Å². The molecule has 1 amide bonds. The van der Waals surface area contributed by atoms with E-state index < -0.39 is 0 Å². The maximum atomic E-state index is 12.6. The highest BCUT2D eigenvalue weighted by atomic mass is 35.5. The molecule has 4 rings (SSSR count). The number of rotatable bonds is 4. The van der Waals surface area contributed by atoms with Crippen LogP contribution in [0, 0.1) is 0 Å². The van der Waals surface area contributed by atoms with Gasteiger partial charge in [-0.15, -0.1) is 11.3 Å². The van der Waals surface area contributed by atoms with E-state index in [1.165, 1.54) is 10.9 Å². The molecule has 0 atom stereocenters. The number of para-hydroxylation sites is 1. The molecule has 4 aromatic rings. The molecular formula is C19H15ClN4O2S. The van der Waals surface area contributed by atoms with Crippen molar-refractivity contribution in [2.45, 2.75) is 13.1 Å². The lowest BCUT2D eigenvalue weighted by molar-refractivity contribution is -0.131. The Balaban J connectivity index is 1.53. The Morgan fingerprint density at radius 3 is 2.85 bits per heavy atom. The van der Waals surface area contributed by atoms with Gasteiger partial charge in [0.25, 0.3) is 5.56 Å². The molecule has 0 aliphatic heterocycles. The second-order valence-electron chi connectivity index (χ2n) is 6.16. The maximum absolute atomic E-state index is 12.6. The van der Waals surface area contributed by atoms with Crippen molar-refractivity contribution in [2.75, 3.05) is 7.05 Å². The first-order valence-corrected chi connectivity index (χ1v) is 9.44. The number of thiazole rings is 1. The van der Waals surface area contributed by atoms with Crippen molar-refractivity contribution in [1.29, 1.82) is 0 Å². The molecule has 0 unspecified atom stereocenters. The van der Waals surface area contributed by atoms with E-state index in [2.05, 4.69) is 9.97 Å². The van der Waals surface area contributed by atoms with Crippen LogP contribution in [0.25, 0.3) is 21.1 Å². The first-order chi connectivity index (χ1) is 13.0. The van der Waals surface area contributed by atoms with Gasteiger partial charge in [0.15, 0.2) is 0 Å². The normalized spacial score (nSPS) is 11.2. The van der Waals surface area contributed by atoms with Crippen LogP contribution in [0.3, 0.4) is 0 Å². The average molecular weight is 399 g/mol. The van der Waals surface area contributed by atoms with Crippen LogP contribution in [0.15, 0.2) is 53.6 Å². The summed E-state index contributed by atoms with van der Waals surface area (Å²) in [5, 5.41) is 1.70. The summed E-state index contributed by atoms with van der Waals surface area (Å²) in [4.78, 5) is 35.5. The summed E-state index contributed by atoms with van der Waals surface area (Å²) in [6, 6.07) is 12.8.